The second kappa shape index (κ2) is 9.03. The summed E-state index contributed by atoms with van der Waals surface area (Å²) >= 11 is 0. The van der Waals surface area contributed by atoms with E-state index in [1.165, 1.54) is 48.3 Å². The zero-order chi connectivity index (χ0) is 19.4. The van der Waals surface area contributed by atoms with Crippen molar-refractivity contribution in [3.05, 3.63) is 53.6 Å². The average molecular weight is 385 g/mol. The Morgan fingerprint density at radius 1 is 1.07 bits per heavy atom. The molecule has 2 aromatic rings. The van der Waals surface area contributed by atoms with Gasteiger partial charge in [0, 0.05) is 45.9 Å². The van der Waals surface area contributed by atoms with E-state index in [-0.39, 0.29) is 0 Å². The minimum atomic E-state index is -0.975. The van der Waals surface area contributed by atoms with Gasteiger partial charge in [0.15, 0.2) is 0 Å². The lowest BCUT2D eigenvalue weighted by atomic mass is 9.99. The number of para-hydroxylation sites is 1. The summed E-state index contributed by atoms with van der Waals surface area (Å²) in [4.78, 5) is 5.84. The van der Waals surface area contributed by atoms with Crippen molar-refractivity contribution in [2.75, 3.05) is 31.3 Å². The predicted molar refractivity (Wildman–Crippen MR) is 117 cm³/mol. The van der Waals surface area contributed by atoms with Gasteiger partial charge in [-0.2, -0.15) is 0 Å². The third kappa shape index (κ3) is 4.80. The molecular weight excluding hydrogens is 352 g/mol. The van der Waals surface area contributed by atoms with Crippen LogP contribution in [0.1, 0.15) is 36.8 Å². The van der Waals surface area contributed by atoms with Gasteiger partial charge in [0.25, 0.3) is 0 Å². The number of hydrogen-bond donors (Lipinski definition) is 0. The Bertz CT molecular complexity index is 805. The lowest BCUT2D eigenvalue weighted by Gasteiger charge is -2.35. The number of nitrogens with zero attached hydrogens (tertiary/aromatic N) is 2. The Kier molecular flexibility index (Phi) is 6.72. The molecular formula is C23H32N2OS. The van der Waals surface area contributed by atoms with E-state index >= 15 is 0 Å². The molecule has 1 saturated heterocycles. The molecule has 146 valence electrons. The van der Waals surface area contributed by atoms with Crippen LogP contribution in [0.2, 0.25) is 0 Å². The molecule has 2 atom stereocenters. The molecule has 3 nitrogen and oxygen atoms in total. The number of benzene rings is 2. The van der Waals surface area contributed by atoms with Crippen LogP contribution in [-0.4, -0.2) is 41.5 Å². The first-order valence-electron chi connectivity index (χ1n) is 9.95. The molecule has 2 aromatic carbocycles. The second-order valence-corrected chi connectivity index (χ2v) is 9.14. The van der Waals surface area contributed by atoms with Gasteiger partial charge in [-0.05, 0) is 76.0 Å². The molecule has 1 aliphatic rings. The Morgan fingerprint density at radius 3 is 2.52 bits per heavy atom. The summed E-state index contributed by atoms with van der Waals surface area (Å²) in [5.41, 5.74) is 4.93. The zero-order valence-corrected chi connectivity index (χ0v) is 17.9. The fourth-order valence-corrected chi connectivity index (χ4v) is 4.62. The number of rotatable bonds is 6. The number of piperidine rings is 1. The van der Waals surface area contributed by atoms with Crippen molar-refractivity contribution in [3.63, 3.8) is 0 Å². The monoisotopic (exact) mass is 384 g/mol. The molecule has 0 N–H and O–H groups in total. The van der Waals surface area contributed by atoms with Gasteiger partial charge >= 0.3 is 0 Å². The van der Waals surface area contributed by atoms with Crippen molar-refractivity contribution in [2.24, 2.45) is 0 Å². The lowest BCUT2D eigenvalue weighted by Crippen LogP contribution is -2.38. The number of hydrogen-bond acceptors (Lipinski definition) is 3. The van der Waals surface area contributed by atoms with Crippen LogP contribution in [-0.2, 0) is 10.8 Å². The van der Waals surface area contributed by atoms with Crippen LogP contribution in [0.15, 0.2) is 47.4 Å². The Labute approximate surface area is 166 Å². The Morgan fingerprint density at radius 2 is 1.81 bits per heavy atom. The molecule has 3 rings (SSSR count). The van der Waals surface area contributed by atoms with Crippen LogP contribution in [0, 0.1) is 13.8 Å². The molecule has 0 saturated carbocycles. The van der Waals surface area contributed by atoms with Crippen LogP contribution in [0.4, 0.5) is 11.4 Å². The highest BCUT2D eigenvalue weighted by Gasteiger charge is 2.22. The van der Waals surface area contributed by atoms with Crippen LogP contribution >= 0.6 is 0 Å². The van der Waals surface area contributed by atoms with E-state index in [0.717, 1.165) is 17.9 Å². The zero-order valence-electron chi connectivity index (χ0n) is 17.1. The summed E-state index contributed by atoms with van der Waals surface area (Å²) in [7, 11) is 1.28. The first-order chi connectivity index (χ1) is 13.0. The van der Waals surface area contributed by atoms with Crippen LogP contribution in [0.25, 0.3) is 0 Å². The molecule has 0 spiro atoms. The second-order valence-electron chi connectivity index (χ2n) is 7.76. The first kappa shape index (κ1) is 20.1. The largest absolute Gasteiger partial charge is 0.341 e. The maximum absolute atomic E-state index is 12.1. The molecule has 0 amide bonds. The van der Waals surface area contributed by atoms with E-state index in [0.29, 0.717) is 6.04 Å². The molecule has 1 heterocycles. The van der Waals surface area contributed by atoms with Gasteiger partial charge in [-0.3, -0.25) is 4.21 Å². The lowest BCUT2D eigenvalue weighted by molar-refractivity contribution is 0.178. The quantitative estimate of drug-likeness (QED) is 0.696. The van der Waals surface area contributed by atoms with Gasteiger partial charge in [-0.25, -0.2) is 0 Å². The highest BCUT2D eigenvalue weighted by atomic mass is 32.2. The predicted octanol–water partition coefficient (Wildman–Crippen LogP) is 5.05. The molecule has 0 radical (unpaired) electrons. The highest BCUT2D eigenvalue weighted by molar-refractivity contribution is 7.84. The summed E-state index contributed by atoms with van der Waals surface area (Å²) in [6.45, 7) is 6.50. The molecule has 0 aliphatic carbocycles. The number of anilines is 2. The van der Waals surface area contributed by atoms with Gasteiger partial charge in [0.05, 0.1) is 0 Å². The van der Waals surface area contributed by atoms with E-state index < -0.39 is 10.8 Å². The fourth-order valence-electron chi connectivity index (χ4n) is 4.08. The van der Waals surface area contributed by atoms with Gasteiger partial charge in [0.1, 0.15) is 0 Å². The SMILES string of the molecule is Cc1ccccc1N(CCC1CCCCN1C)c1cc(S(C)=O)ccc1C. The minimum Gasteiger partial charge on any atom is -0.341 e. The maximum atomic E-state index is 12.1. The first-order valence-corrected chi connectivity index (χ1v) is 11.5. The normalized spacial score (nSPS) is 19.0. The topological polar surface area (TPSA) is 23.6 Å². The molecule has 27 heavy (non-hydrogen) atoms. The molecule has 0 aromatic heterocycles. The van der Waals surface area contributed by atoms with Crippen LogP contribution in [0.5, 0.6) is 0 Å². The summed E-state index contributed by atoms with van der Waals surface area (Å²) in [6, 6.07) is 15.4. The average Bonchev–Trinajstić information content (AvgIpc) is 2.65. The molecule has 1 aliphatic heterocycles. The van der Waals surface area contributed by atoms with E-state index in [4.69, 9.17) is 0 Å². The van der Waals surface area contributed by atoms with Gasteiger partial charge in [0.2, 0.25) is 0 Å². The smallest absolute Gasteiger partial charge is 0.0498 e. The van der Waals surface area contributed by atoms with Crippen molar-refractivity contribution < 1.29 is 4.21 Å². The maximum Gasteiger partial charge on any atom is 0.0498 e. The third-order valence-corrected chi connectivity index (χ3v) is 6.73. The molecule has 1 fully saturated rings. The highest BCUT2D eigenvalue weighted by Crippen LogP contribution is 2.33. The van der Waals surface area contributed by atoms with Crippen molar-refractivity contribution >= 4 is 22.2 Å². The van der Waals surface area contributed by atoms with Gasteiger partial charge in [-0.15, -0.1) is 0 Å². The summed E-state index contributed by atoms with van der Waals surface area (Å²) in [6.07, 6.45) is 6.84. The van der Waals surface area contributed by atoms with Crippen LogP contribution < -0.4 is 4.90 Å². The van der Waals surface area contributed by atoms with Crippen molar-refractivity contribution in [1.29, 1.82) is 0 Å². The van der Waals surface area contributed by atoms with E-state index in [9.17, 15) is 4.21 Å². The summed E-state index contributed by atoms with van der Waals surface area (Å²) in [5, 5.41) is 0. The summed E-state index contributed by atoms with van der Waals surface area (Å²) in [5.74, 6) is 0. The van der Waals surface area contributed by atoms with Gasteiger partial charge < -0.3 is 9.80 Å². The van der Waals surface area contributed by atoms with E-state index in [1.54, 1.807) is 6.26 Å². The van der Waals surface area contributed by atoms with E-state index in [2.05, 4.69) is 67.1 Å². The fraction of sp³-hybridized carbons (Fsp3) is 0.478. The van der Waals surface area contributed by atoms with Crippen LogP contribution in [0.3, 0.4) is 0 Å². The Balaban J connectivity index is 1.94. The van der Waals surface area contributed by atoms with Gasteiger partial charge in [-0.1, -0.05) is 30.7 Å². The molecule has 0 bridgehead atoms. The van der Waals surface area contributed by atoms with Crippen molar-refractivity contribution in [3.8, 4) is 0 Å². The van der Waals surface area contributed by atoms with Crippen molar-refractivity contribution in [2.45, 2.75) is 50.5 Å². The summed E-state index contributed by atoms with van der Waals surface area (Å²) < 4.78 is 12.1. The molecule has 2 unspecified atom stereocenters. The standard InChI is InChI=1S/C23H32N2OS/c1-18-9-5-6-11-22(18)25(16-14-20-10-7-8-15-24(20)3)23-17-21(27(4)26)13-12-19(23)2/h5-6,9,11-13,17,20H,7-8,10,14-16H2,1-4H3. The number of likely N-dealkylation sites (tertiary alicyclic amines) is 1. The van der Waals surface area contributed by atoms with E-state index in [1.807, 2.05) is 6.07 Å². The number of aryl methyl sites for hydroxylation is 2. The van der Waals surface area contributed by atoms with Crippen molar-refractivity contribution in [1.82, 2.24) is 4.90 Å². The minimum absolute atomic E-state index is 0.647. The Hall–Kier alpha value is -1.65. The third-order valence-electron chi connectivity index (χ3n) is 5.82. The molecule has 4 heteroatoms.